The van der Waals surface area contributed by atoms with Crippen LogP contribution >= 0.6 is 11.6 Å². The zero-order valence-corrected chi connectivity index (χ0v) is 18.7. The van der Waals surface area contributed by atoms with Crippen LogP contribution in [0, 0.1) is 0 Å². The van der Waals surface area contributed by atoms with Crippen molar-refractivity contribution in [3.8, 4) is 23.0 Å². The molecule has 1 amide bonds. The number of methoxy groups -OCH3 is 2. The first-order valence-electron chi connectivity index (χ1n) is 9.73. The summed E-state index contributed by atoms with van der Waals surface area (Å²) in [5.74, 6) is 0.730. The van der Waals surface area contributed by atoms with Crippen LogP contribution in [-0.4, -0.2) is 38.9 Å². The van der Waals surface area contributed by atoms with Gasteiger partial charge in [0.2, 0.25) is 0 Å². The van der Waals surface area contributed by atoms with E-state index in [4.69, 9.17) is 30.5 Å². The number of hydrazone groups is 1. The molecule has 0 bridgehead atoms. The van der Waals surface area contributed by atoms with Gasteiger partial charge in [0.25, 0.3) is 5.91 Å². The minimum Gasteiger partial charge on any atom is -0.493 e. The van der Waals surface area contributed by atoms with Crippen molar-refractivity contribution in [2.75, 3.05) is 20.8 Å². The minimum atomic E-state index is -0.539. The highest BCUT2D eigenvalue weighted by molar-refractivity contribution is 6.32. The molecule has 0 aliphatic rings. The molecule has 0 aliphatic carbocycles. The number of nitrogens with one attached hydrogen (secondary N) is 1. The van der Waals surface area contributed by atoms with Gasteiger partial charge in [-0.2, -0.15) is 5.10 Å². The Labute approximate surface area is 195 Å². The Kier molecular flexibility index (Phi) is 8.26. The maximum absolute atomic E-state index is 12.4. The molecule has 0 aliphatic heterocycles. The average Bonchev–Trinajstić information content (AvgIpc) is 2.84. The van der Waals surface area contributed by atoms with E-state index < -0.39 is 11.9 Å². The fourth-order valence-corrected chi connectivity index (χ4v) is 2.86. The van der Waals surface area contributed by atoms with Crippen molar-refractivity contribution in [2.45, 2.75) is 0 Å². The summed E-state index contributed by atoms with van der Waals surface area (Å²) >= 11 is 5.97. The molecule has 3 aromatic carbocycles. The summed E-state index contributed by atoms with van der Waals surface area (Å²) in [6.07, 6.45) is 1.45. The molecule has 8 nitrogen and oxygen atoms in total. The lowest BCUT2D eigenvalue weighted by molar-refractivity contribution is -0.123. The van der Waals surface area contributed by atoms with Crippen LogP contribution in [0.5, 0.6) is 23.0 Å². The molecule has 0 spiro atoms. The van der Waals surface area contributed by atoms with Crippen molar-refractivity contribution in [1.82, 2.24) is 5.43 Å². The standard InChI is InChI=1S/C24H21ClN2O6/c1-30-21-12-9-17(13-22(21)31-2)24(29)33-18-10-7-16(8-11-18)14-26-27-23(28)15-32-20-6-4-3-5-19(20)25/h3-14H,15H2,1-2H3,(H,27,28)/b26-14-. The van der Waals surface area contributed by atoms with Gasteiger partial charge in [-0.1, -0.05) is 23.7 Å². The highest BCUT2D eigenvalue weighted by atomic mass is 35.5. The highest BCUT2D eigenvalue weighted by Gasteiger charge is 2.13. The van der Waals surface area contributed by atoms with Gasteiger partial charge < -0.3 is 18.9 Å². The Morgan fingerprint density at radius 2 is 1.67 bits per heavy atom. The van der Waals surface area contributed by atoms with Crippen LogP contribution in [0.3, 0.4) is 0 Å². The van der Waals surface area contributed by atoms with Gasteiger partial charge in [0.05, 0.1) is 31.0 Å². The molecule has 0 radical (unpaired) electrons. The molecule has 0 saturated heterocycles. The first-order chi connectivity index (χ1) is 16.0. The molecule has 0 saturated carbocycles. The third-order valence-electron chi connectivity index (χ3n) is 4.31. The number of ether oxygens (including phenoxy) is 4. The van der Waals surface area contributed by atoms with E-state index in [0.717, 1.165) is 0 Å². The zero-order chi connectivity index (χ0) is 23.6. The summed E-state index contributed by atoms with van der Waals surface area (Å²) in [6.45, 7) is -0.230. The Morgan fingerprint density at radius 3 is 2.36 bits per heavy atom. The number of rotatable bonds is 9. The SMILES string of the molecule is COc1ccc(C(=O)Oc2ccc(/C=N\NC(=O)COc3ccccc3Cl)cc2)cc1OC. The third kappa shape index (κ3) is 6.72. The van der Waals surface area contributed by atoms with E-state index in [0.29, 0.717) is 39.1 Å². The van der Waals surface area contributed by atoms with Crippen molar-refractivity contribution < 1.29 is 28.5 Å². The maximum Gasteiger partial charge on any atom is 0.343 e. The Hall–Kier alpha value is -4.04. The number of hydrogen-bond acceptors (Lipinski definition) is 7. The van der Waals surface area contributed by atoms with Crippen LogP contribution in [-0.2, 0) is 4.79 Å². The van der Waals surface area contributed by atoms with E-state index >= 15 is 0 Å². The molecule has 0 heterocycles. The van der Waals surface area contributed by atoms with Crippen molar-refractivity contribution in [2.24, 2.45) is 5.10 Å². The molecule has 9 heteroatoms. The summed E-state index contributed by atoms with van der Waals surface area (Å²) in [6, 6.07) is 18.2. The molecular formula is C24H21ClN2O6. The Balaban J connectivity index is 1.50. The third-order valence-corrected chi connectivity index (χ3v) is 4.62. The van der Waals surface area contributed by atoms with Gasteiger partial charge in [-0.15, -0.1) is 0 Å². The lowest BCUT2D eigenvalue weighted by Gasteiger charge is -2.09. The number of benzene rings is 3. The molecule has 0 aromatic heterocycles. The number of para-hydroxylation sites is 1. The molecule has 3 aromatic rings. The average molecular weight is 469 g/mol. The number of nitrogens with zero attached hydrogens (tertiary/aromatic N) is 1. The second-order valence-corrected chi connectivity index (χ2v) is 6.95. The highest BCUT2D eigenvalue weighted by Crippen LogP contribution is 2.28. The first-order valence-corrected chi connectivity index (χ1v) is 10.1. The summed E-state index contributed by atoms with van der Waals surface area (Å²) in [5.41, 5.74) is 3.37. The van der Waals surface area contributed by atoms with Crippen LogP contribution in [0.1, 0.15) is 15.9 Å². The summed E-state index contributed by atoms with van der Waals surface area (Å²) in [4.78, 5) is 24.2. The van der Waals surface area contributed by atoms with Gasteiger partial charge in [-0.3, -0.25) is 4.79 Å². The smallest absolute Gasteiger partial charge is 0.343 e. The molecule has 0 fully saturated rings. The van der Waals surface area contributed by atoms with Crippen molar-refractivity contribution in [3.05, 3.63) is 82.9 Å². The van der Waals surface area contributed by atoms with Crippen LogP contribution in [0.25, 0.3) is 0 Å². The predicted octanol–water partition coefficient (Wildman–Crippen LogP) is 4.11. The van der Waals surface area contributed by atoms with Gasteiger partial charge in [0.15, 0.2) is 18.1 Å². The van der Waals surface area contributed by atoms with Gasteiger partial charge in [0.1, 0.15) is 11.5 Å². The van der Waals surface area contributed by atoms with Crippen molar-refractivity contribution >= 4 is 29.7 Å². The normalized spacial score (nSPS) is 10.5. The van der Waals surface area contributed by atoms with E-state index in [9.17, 15) is 9.59 Å². The summed E-state index contributed by atoms with van der Waals surface area (Å²) in [7, 11) is 3.00. The number of esters is 1. The largest absolute Gasteiger partial charge is 0.493 e. The molecular weight excluding hydrogens is 448 g/mol. The Bertz CT molecular complexity index is 1150. The predicted molar refractivity (Wildman–Crippen MR) is 124 cm³/mol. The second-order valence-electron chi connectivity index (χ2n) is 6.54. The minimum absolute atomic E-state index is 0.230. The van der Waals surface area contributed by atoms with Gasteiger partial charge in [0, 0.05) is 0 Å². The maximum atomic E-state index is 12.4. The number of amides is 1. The van der Waals surface area contributed by atoms with E-state index in [1.807, 2.05) is 0 Å². The fourth-order valence-electron chi connectivity index (χ4n) is 2.67. The topological polar surface area (TPSA) is 95.5 Å². The summed E-state index contributed by atoms with van der Waals surface area (Å²) < 4.78 is 21.1. The number of carbonyl (C=O) groups excluding carboxylic acids is 2. The molecule has 3 rings (SSSR count). The molecule has 170 valence electrons. The lowest BCUT2D eigenvalue weighted by Crippen LogP contribution is -2.24. The second kappa shape index (κ2) is 11.5. The van der Waals surface area contributed by atoms with E-state index in [1.165, 1.54) is 20.4 Å². The molecule has 1 N–H and O–H groups in total. The van der Waals surface area contributed by atoms with E-state index in [-0.39, 0.29) is 6.61 Å². The zero-order valence-electron chi connectivity index (χ0n) is 17.9. The van der Waals surface area contributed by atoms with E-state index in [2.05, 4.69) is 10.5 Å². The number of hydrogen-bond donors (Lipinski definition) is 1. The first kappa shape index (κ1) is 23.6. The summed E-state index contributed by atoms with van der Waals surface area (Å²) in [5, 5.41) is 4.30. The van der Waals surface area contributed by atoms with E-state index in [1.54, 1.807) is 66.7 Å². The fraction of sp³-hybridized carbons (Fsp3) is 0.125. The van der Waals surface area contributed by atoms with Crippen LogP contribution in [0.4, 0.5) is 0 Å². The Morgan fingerprint density at radius 1 is 0.939 bits per heavy atom. The molecule has 0 atom stereocenters. The van der Waals surface area contributed by atoms with Crippen LogP contribution in [0.15, 0.2) is 71.8 Å². The van der Waals surface area contributed by atoms with Gasteiger partial charge in [-0.05, 0) is 60.2 Å². The van der Waals surface area contributed by atoms with Crippen LogP contribution < -0.4 is 24.4 Å². The van der Waals surface area contributed by atoms with Gasteiger partial charge >= 0.3 is 5.97 Å². The van der Waals surface area contributed by atoms with Crippen molar-refractivity contribution in [3.63, 3.8) is 0 Å². The number of carbonyl (C=O) groups is 2. The van der Waals surface area contributed by atoms with Crippen molar-refractivity contribution in [1.29, 1.82) is 0 Å². The van der Waals surface area contributed by atoms with Crippen LogP contribution in [0.2, 0.25) is 5.02 Å². The van der Waals surface area contributed by atoms with Gasteiger partial charge in [-0.25, -0.2) is 10.2 Å². The lowest BCUT2D eigenvalue weighted by atomic mass is 10.2. The number of halogens is 1. The quantitative estimate of drug-likeness (QED) is 0.220. The monoisotopic (exact) mass is 468 g/mol. The molecule has 33 heavy (non-hydrogen) atoms. The molecule has 0 unspecified atom stereocenters.